The first kappa shape index (κ1) is 16.2. The molecule has 0 amide bonds. The molecular weight excluding hydrogens is 252 g/mol. The summed E-state index contributed by atoms with van der Waals surface area (Å²) >= 11 is 0. The van der Waals surface area contributed by atoms with E-state index < -0.39 is 0 Å². The standard InChI is InChI=1S/C16H32N2O2/c1-4-17-16-6-5-12(2)7-14(16)8-18-9-15(10-19)20-11-13(18)3/h12-17,19H,4-11H2,1-3H3. The monoisotopic (exact) mass is 284 g/mol. The fraction of sp³-hybridized carbons (Fsp3) is 1.00. The fourth-order valence-corrected chi connectivity index (χ4v) is 3.77. The number of hydrogen-bond acceptors (Lipinski definition) is 4. The lowest BCUT2D eigenvalue weighted by molar-refractivity contribution is -0.0843. The number of nitrogens with one attached hydrogen (secondary N) is 1. The van der Waals surface area contributed by atoms with E-state index in [1.54, 1.807) is 0 Å². The van der Waals surface area contributed by atoms with Gasteiger partial charge in [-0.15, -0.1) is 0 Å². The van der Waals surface area contributed by atoms with Crippen molar-refractivity contribution in [3.8, 4) is 0 Å². The second-order valence-electron chi connectivity index (χ2n) is 6.78. The average molecular weight is 284 g/mol. The van der Waals surface area contributed by atoms with Crippen molar-refractivity contribution < 1.29 is 9.84 Å². The maximum atomic E-state index is 9.32. The van der Waals surface area contributed by atoms with Crippen LogP contribution in [0.4, 0.5) is 0 Å². The zero-order valence-electron chi connectivity index (χ0n) is 13.3. The third-order valence-corrected chi connectivity index (χ3v) is 5.02. The van der Waals surface area contributed by atoms with Gasteiger partial charge in [-0.25, -0.2) is 0 Å². The molecule has 0 spiro atoms. The van der Waals surface area contributed by atoms with Crippen LogP contribution in [0.5, 0.6) is 0 Å². The van der Waals surface area contributed by atoms with Gasteiger partial charge in [0.2, 0.25) is 0 Å². The molecule has 0 aromatic rings. The maximum Gasteiger partial charge on any atom is 0.0933 e. The van der Waals surface area contributed by atoms with Crippen LogP contribution in [0.15, 0.2) is 0 Å². The second-order valence-corrected chi connectivity index (χ2v) is 6.78. The predicted octanol–water partition coefficient (Wildman–Crippen LogP) is 1.48. The molecule has 1 aliphatic heterocycles. The van der Waals surface area contributed by atoms with Crippen molar-refractivity contribution in [2.24, 2.45) is 11.8 Å². The van der Waals surface area contributed by atoms with E-state index in [2.05, 4.69) is 31.0 Å². The van der Waals surface area contributed by atoms with Crippen LogP contribution in [0.25, 0.3) is 0 Å². The van der Waals surface area contributed by atoms with Crippen molar-refractivity contribution >= 4 is 0 Å². The zero-order chi connectivity index (χ0) is 14.5. The van der Waals surface area contributed by atoms with Crippen LogP contribution >= 0.6 is 0 Å². The van der Waals surface area contributed by atoms with Gasteiger partial charge in [-0.1, -0.05) is 13.8 Å². The first-order valence-corrected chi connectivity index (χ1v) is 8.33. The average Bonchev–Trinajstić information content (AvgIpc) is 2.44. The van der Waals surface area contributed by atoms with E-state index in [1.807, 2.05) is 0 Å². The van der Waals surface area contributed by atoms with Crippen LogP contribution in [-0.2, 0) is 4.74 Å². The van der Waals surface area contributed by atoms with Crippen molar-refractivity contribution in [3.63, 3.8) is 0 Å². The van der Waals surface area contributed by atoms with E-state index in [9.17, 15) is 5.11 Å². The van der Waals surface area contributed by atoms with Gasteiger partial charge < -0.3 is 15.2 Å². The number of nitrogens with zero attached hydrogens (tertiary/aromatic N) is 1. The molecule has 0 radical (unpaired) electrons. The van der Waals surface area contributed by atoms with Crippen molar-refractivity contribution in [2.45, 2.75) is 58.2 Å². The summed E-state index contributed by atoms with van der Waals surface area (Å²) in [5.74, 6) is 1.58. The fourth-order valence-electron chi connectivity index (χ4n) is 3.77. The summed E-state index contributed by atoms with van der Waals surface area (Å²) < 4.78 is 5.65. The Labute approximate surface area is 123 Å². The number of rotatable bonds is 5. The Balaban J connectivity index is 1.93. The Kier molecular flexibility index (Phi) is 6.27. The number of ether oxygens (including phenoxy) is 1. The normalized spacial score (nSPS) is 39.9. The molecule has 4 heteroatoms. The third kappa shape index (κ3) is 4.17. The SMILES string of the molecule is CCNC1CCC(C)CC1CN1CC(CO)OCC1C. The van der Waals surface area contributed by atoms with E-state index in [-0.39, 0.29) is 12.7 Å². The zero-order valence-corrected chi connectivity index (χ0v) is 13.3. The van der Waals surface area contributed by atoms with Gasteiger partial charge in [0.25, 0.3) is 0 Å². The van der Waals surface area contributed by atoms with Gasteiger partial charge in [0, 0.05) is 25.2 Å². The largest absolute Gasteiger partial charge is 0.394 e. The smallest absolute Gasteiger partial charge is 0.0933 e. The van der Waals surface area contributed by atoms with Gasteiger partial charge in [-0.05, 0) is 44.6 Å². The highest BCUT2D eigenvalue weighted by Crippen LogP contribution is 2.30. The van der Waals surface area contributed by atoms with Gasteiger partial charge in [-0.2, -0.15) is 0 Å². The van der Waals surface area contributed by atoms with Crippen molar-refractivity contribution in [3.05, 3.63) is 0 Å². The number of aliphatic hydroxyl groups is 1. The molecular formula is C16H32N2O2. The number of aliphatic hydroxyl groups excluding tert-OH is 1. The quantitative estimate of drug-likeness (QED) is 0.803. The molecule has 5 atom stereocenters. The van der Waals surface area contributed by atoms with Crippen LogP contribution in [0.3, 0.4) is 0 Å². The summed E-state index contributed by atoms with van der Waals surface area (Å²) in [6, 6.07) is 1.14. The molecule has 2 aliphatic rings. The highest BCUT2D eigenvalue weighted by atomic mass is 16.5. The summed E-state index contributed by atoms with van der Waals surface area (Å²) in [6.07, 6.45) is 3.99. The summed E-state index contributed by atoms with van der Waals surface area (Å²) in [4.78, 5) is 2.53. The Morgan fingerprint density at radius 1 is 1.30 bits per heavy atom. The van der Waals surface area contributed by atoms with Crippen molar-refractivity contribution in [2.75, 3.05) is 32.8 Å². The molecule has 1 aliphatic carbocycles. The topological polar surface area (TPSA) is 44.7 Å². The van der Waals surface area contributed by atoms with Crippen molar-refractivity contribution in [1.29, 1.82) is 0 Å². The number of hydrogen-bond donors (Lipinski definition) is 2. The molecule has 4 nitrogen and oxygen atoms in total. The van der Waals surface area contributed by atoms with Crippen LogP contribution in [0.1, 0.15) is 40.0 Å². The van der Waals surface area contributed by atoms with E-state index in [0.29, 0.717) is 12.1 Å². The summed E-state index contributed by atoms with van der Waals surface area (Å²) in [6.45, 7) is 10.8. The molecule has 2 rings (SSSR count). The summed E-state index contributed by atoms with van der Waals surface area (Å²) in [5, 5.41) is 13.0. The molecule has 2 fully saturated rings. The molecule has 2 N–H and O–H groups in total. The number of morpholine rings is 1. The highest BCUT2D eigenvalue weighted by Gasteiger charge is 2.33. The molecule has 1 saturated heterocycles. The third-order valence-electron chi connectivity index (χ3n) is 5.02. The molecule has 1 saturated carbocycles. The Hall–Kier alpha value is -0.160. The Morgan fingerprint density at radius 2 is 2.10 bits per heavy atom. The van der Waals surface area contributed by atoms with Crippen LogP contribution in [0, 0.1) is 11.8 Å². The molecule has 0 aromatic carbocycles. The minimum Gasteiger partial charge on any atom is -0.394 e. The van der Waals surface area contributed by atoms with Crippen LogP contribution in [-0.4, -0.2) is 61.0 Å². The lowest BCUT2D eigenvalue weighted by Gasteiger charge is -2.43. The summed E-state index contributed by atoms with van der Waals surface area (Å²) in [7, 11) is 0. The minimum atomic E-state index is 0.00444. The van der Waals surface area contributed by atoms with E-state index in [1.165, 1.54) is 19.3 Å². The maximum absolute atomic E-state index is 9.32. The van der Waals surface area contributed by atoms with Gasteiger partial charge in [0.1, 0.15) is 0 Å². The highest BCUT2D eigenvalue weighted by molar-refractivity contribution is 4.88. The lowest BCUT2D eigenvalue weighted by Crippen LogP contribution is -2.54. The minimum absolute atomic E-state index is 0.00444. The first-order valence-electron chi connectivity index (χ1n) is 8.33. The molecule has 20 heavy (non-hydrogen) atoms. The molecule has 1 heterocycles. The molecule has 5 unspecified atom stereocenters. The van der Waals surface area contributed by atoms with Gasteiger partial charge in [0.15, 0.2) is 0 Å². The van der Waals surface area contributed by atoms with E-state index >= 15 is 0 Å². The molecule has 0 bridgehead atoms. The van der Waals surface area contributed by atoms with Gasteiger partial charge in [-0.3, -0.25) is 4.90 Å². The van der Waals surface area contributed by atoms with E-state index in [4.69, 9.17) is 4.74 Å². The van der Waals surface area contributed by atoms with Gasteiger partial charge in [0.05, 0.1) is 19.3 Å². The predicted molar refractivity (Wildman–Crippen MR) is 81.8 cm³/mol. The van der Waals surface area contributed by atoms with E-state index in [0.717, 1.165) is 38.1 Å². The molecule has 118 valence electrons. The summed E-state index contributed by atoms with van der Waals surface area (Å²) in [5.41, 5.74) is 0. The first-order chi connectivity index (χ1) is 9.63. The molecule has 0 aromatic heterocycles. The Bertz CT molecular complexity index is 288. The second kappa shape index (κ2) is 7.74. The Morgan fingerprint density at radius 3 is 2.80 bits per heavy atom. The van der Waals surface area contributed by atoms with Crippen molar-refractivity contribution in [1.82, 2.24) is 10.2 Å². The van der Waals surface area contributed by atoms with Crippen LogP contribution in [0.2, 0.25) is 0 Å². The van der Waals surface area contributed by atoms with Crippen LogP contribution < -0.4 is 5.32 Å². The van der Waals surface area contributed by atoms with Gasteiger partial charge >= 0.3 is 0 Å². The lowest BCUT2D eigenvalue weighted by atomic mass is 9.78.